The molecule has 1 amide bonds. The van der Waals surface area contributed by atoms with Crippen LogP contribution in [0.5, 0.6) is 0 Å². The van der Waals surface area contributed by atoms with E-state index < -0.39 is 0 Å². The number of thioether (sulfide) groups is 1. The summed E-state index contributed by atoms with van der Waals surface area (Å²) in [7, 11) is 0. The van der Waals surface area contributed by atoms with Crippen LogP contribution in [-0.2, 0) is 11.3 Å². The summed E-state index contributed by atoms with van der Waals surface area (Å²) in [6, 6.07) is 0.447. The quantitative estimate of drug-likeness (QED) is 0.836. The molecule has 1 saturated heterocycles. The van der Waals surface area contributed by atoms with E-state index in [1.54, 1.807) is 4.57 Å². The molecule has 1 saturated carbocycles. The molecule has 0 bridgehead atoms. The molecule has 0 spiro atoms. The number of aromatic amines is 1. The van der Waals surface area contributed by atoms with Gasteiger partial charge < -0.3 is 4.90 Å². The molecule has 1 aliphatic carbocycles. The van der Waals surface area contributed by atoms with Crippen LogP contribution < -0.4 is 5.69 Å². The number of H-pyrrole nitrogens is 1. The van der Waals surface area contributed by atoms with E-state index >= 15 is 0 Å². The number of fused-ring (bicyclic) bond motifs is 1. The van der Waals surface area contributed by atoms with Gasteiger partial charge in [0.1, 0.15) is 0 Å². The Balaban J connectivity index is 1.61. The van der Waals surface area contributed by atoms with Crippen molar-refractivity contribution < 1.29 is 4.79 Å². The maximum Gasteiger partial charge on any atom is 0.343 e. The number of nitrogens with zero attached hydrogens (tertiary/aromatic N) is 3. The van der Waals surface area contributed by atoms with E-state index in [1.165, 1.54) is 37.4 Å². The summed E-state index contributed by atoms with van der Waals surface area (Å²) in [5.41, 5.74) is -0.188. The number of nitrogens with one attached hydrogen (secondary N) is 1. The molecule has 7 heteroatoms. The van der Waals surface area contributed by atoms with Gasteiger partial charge in [0.2, 0.25) is 5.91 Å². The largest absolute Gasteiger partial charge is 0.343 e. The van der Waals surface area contributed by atoms with Crippen LogP contribution in [0.25, 0.3) is 0 Å². The van der Waals surface area contributed by atoms with Gasteiger partial charge in [-0.1, -0.05) is 31.5 Å². The van der Waals surface area contributed by atoms with E-state index in [-0.39, 0.29) is 11.6 Å². The molecule has 0 aromatic carbocycles. The fourth-order valence-electron chi connectivity index (χ4n) is 3.98. The summed E-state index contributed by atoms with van der Waals surface area (Å²) in [6.07, 6.45) is 8.26. The maximum atomic E-state index is 12.7. The van der Waals surface area contributed by atoms with Gasteiger partial charge in [0.15, 0.2) is 5.16 Å². The van der Waals surface area contributed by atoms with Gasteiger partial charge in [0.25, 0.3) is 0 Å². The maximum absolute atomic E-state index is 12.7. The molecule has 0 radical (unpaired) electrons. The molecule has 2 heterocycles. The number of hydrogen-bond acceptors (Lipinski definition) is 4. The van der Waals surface area contributed by atoms with E-state index in [0.717, 1.165) is 25.8 Å². The Kier molecular flexibility index (Phi) is 5.46. The summed E-state index contributed by atoms with van der Waals surface area (Å²) in [4.78, 5) is 26.5. The first kappa shape index (κ1) is 16.6. The van der Waals surface area contributed by atoms with Crippen molar-refractivity contribution in [1.82, 2.24) is 19.7 Å². The highest BCUT2D eigenvalue weighted by molar-refractivity contribution is 7.99. The normalized spacial score (nSPS) is 24.5. The van der Waals surface area contributed by atoms with Crippen LogP contribution in [0.1, 0.15) is 51.9 Å². The first-order valence-corrected chi connectivity index (χ1v) is 9.76. The zero-order valence-corrected chi connectivity index (χ0v) is 14.6. The average Bonchev–Trinajstić information content (AvgIpc) is 2.93. The number of rotatable bonds is 5. The van der Waals surface area contributed by atoms with Gasteiger partial charge in [-0.25, -0.2) is 9.89 Å². The van der Waals surface area contributed by atoms with E-state index in [4.69, 9.17) is 0 Å². The standard InChI is InChI=1S/C16H26N4O2S/c1-2-9-20-15(22)17-18-16(20)23-11-14(21)19-10-5-7-12-6-3-4-8-13(12)19/h12-13H,2-11H2,1H3,(H,17,22)/t12-,13+/m1/s1. The van der Waals surface area contributed by atoms with Crippen molar-refractivity contribution in [2.24, 2.45) is 5.92 Å². The molecule has 6 nitrogen and oxygen atoms in total. The Bertz CT molecular complexity index is 595. The van der Waals surface area contributed by atoms with Gasteiger partial charge in [0.05, 0.1) is 5.75 Å². The monoisotopic (exact) mass is 338 g/mol. The molecule has 1 aromatic heterocycles. The summed E-state index contributed by atoms with van der Waals surface area (Å²) in [5.74, 6) is 1.28. The third-order valence-electron chi connectivity index (χ3n) is 5.06. The SMILES string of the molecule is CCCn1c(SCC(=O)N2CCC[C@H]3CCCC[C@@H]32)n[nH]c1=O. The summed E-state index contributed by atoms with van der Waals surface area (Å²) in [6.45, 7) is 3.55. The van der Waals surface area contributed by atoms with E-state index in [0.29, 0.717) is 29.4 Å². The number of likely N-dealkylation sites (tertiary alicyclic amines) is 1. The third kappa shape index (κ3) is 3.65. The minimum absolute atomic E-state index is 0.188. The van der Waals surface area contributed by atoms with Gasteiger partial charge in [-0.2, -0.15) is 0 Å². The van der Waals surface area contributed by atoms with Crippen LogP contribution in [0.2, 0.25) is 0 Å². The lowest BCUT2D eigenvalue weighted by Crippen LogP contribution is -2.50. The van der Waals surface area contributed by atoms with E-state index in [1.807, 2.05) is 6.92 Å². The first-order valence-electron chi connectivity index (χ1n) is 8.78. The first-order chi connectivity index (χ1) is 11.2. The highest BCUT2D eigenvalue weighted by atomic mass is 32.2. The van der Waals surface area contributed by atoms with Gasteiger partial charge in [-0.3, -0.25) is 9.36 Å². The average molecular weight is 338 g/mol. The minimum Gasteiger partial charge on any atom is -0.339 e. The molecule has 23 heavy (non-hydrogen) atoms. The summed E-state index contributed by atoms with van der Waals surface area (Å²) >= 11 is 1.38. The van der Waals surface area contributed by atoms with Crippen LogP contribution in [0.15, 0.2) is 9.95 Å². The molecule has 0 unspecified atom stereocenters. The molecule has 2 aliphatic rings. The summed E-state index contributed by atoms with van der Waals surface area (Å²) < 4.78 is 1.62. The second-order valence-electron chi connectivity index (χ2n) is 6.59. The molecule has 2 atom stereocenters. The fourth-order valence-corrected chi connectivity index (χ4v) is 4.84. The van der Waals surface area contributed by atoms with Crippen molar-refractivity contribution >= 4 is 17.7 Å². The zero-order valence-electron chi connectivity index (χ0n) is 13.8. The number of piperidine rings is 1. The Labute approximate surface area is 141 Å². The van der Waals surface area contributed by atoms with Crippen molar-refractivity contribution in [3.8, 4) is 0 Å². The highest BCUT2D eigenvalue weighted by Gasteiger charge is 2.35. The molecular weight excluding hydrogens is 312 g/mol. The van der Waals surface area contributed by atoms with Crippen molar-refractivity contribution in [1.29, 1.82) is 0 Å². The fraction of sp³-hybridized carbons (Fsp3) is 0.812. The van der Waals surface area contributed by atoms with Crippen LogP contribution in [0, 0.1) is 5.92 Å². The molecule has 1 aliphatic heterocycles. The van der Waals surface area contributed by atoms with Crippen LogP contribution in [0.4, 0.5) is 0 Å². The molecule has 2 fully saturated rings. The van der Waals surface area contributed by atoms with Gasteiger partial charge in [-0.05, 0) is 38.0 Å². The topological polar surface area (TPSA) is 71.0 Å². The summed E-state index contributed by atoms with van der Waals surface area (Å²) in [5, 5.41) is 7.16. The van der Waals surface area contributed by atoms with Gasteiger partial charge in [0, 0.05) is 19.1 Å². The van der Waals surface area contributed by atoms with Crippen LogP contribution in [0.3, 0.4) is 0 Å². The lowest BCUT2D eigenvalue weighted by Gasteiger charge is -2.44. The Morgan fingerprint density at radius 2 is 2.09 bits per heavy atom. The number of carbonyl (C=O) groups is 1. The van der Waals surface area contributed by atoms with Gasteiger partial charge in [-0.15, -0.1) is 5.10 Å². The number of amides is 1. The van der Waals surface area contributed by atoms with Crippen LogP contribution in [-0.4, -0.2) is 43.9 Å². The van der Waals surface area contributed by atoms with Crippen molar-refractivity contribution in [2.45, 2.75) is 69.6 Å². The predicted molar refractivity (Wildman–Crippen MR) is 90.6 cm³/mol. The Hall–Kier alpha value is -1.24. The smallest absolute Gasteiger partial charge is 0.339 e. The number of aromatic nitrogens is 3. The highest BCUT2D eigenvalue weighted by Crippen LogP contribution is 2.35. The Morgan fingerprint density at radius 1 is 1.30 bits per heavy atom. The number of hydrogen-bond donors (Lipinski definition) is 1. The third-order valence-corrected chi connectivity index (χ3v) is 6.02. The Morgan fingerprint density at radius 3 is 2.91 bits per heavy atom. The molecule has 1 N–H and O–H groups in total. The second kappa shape index (κ2) is 7.55. The number of carbonyl (C=O) groups excluding carboxylic acids is 1. The second-order valence-corrected chi connectivity index (χ2v) is 7.54. The van der Waals surface area contributed by atoms with Crippen molar-refractivity contribution in [3.63, 3.8) is 0 Å². The lowest BCUT2D eigenvalue weighted by molar-refractivity contribution is -0.134. The van der Waals surface area contributed by atoms with Crippen LogP contribution >= 0.6 is 11.8 Å². The van der Waals surface area contributed by atoms with Crippen molar-refractivity contribution in [3.05, 3.63) is 10.5 Å². The van der Waals surface area contributed by atoms with Crippen molar-refractivity contribution in [2.75, 3.05) is 12.3 Å². The van der Waals surface area contributed by atoms with E-state index in [2.05, 4.69) is 15.1 Å². The molecule has 128 valence electrons. The molecule has 3 rings (SSSR count). The van der Waals surface area contributed by atoms with E-state index in [9.17, 15) is 9.59 Å². The zero-order chi connectivity index (χ0) is 16.2. The molecule has 1 aromatic rings. The minimum atomic E-state index is -0.188. The predicted octanol–water partition coefficient (Wildman–Crippen LogP) is 2.25. The van der Waals surface area contributed by atoms with Gasteiger partial charge >= 0.3 is 5.69 Å². The lowest BCUT2D eigenvalue weighted by atomic mass is 9.78. The molecular formula is C16H26N4O2S.